The molecule has 2 N–H and O–H groups in total. The predicted molar refractivity (Wildman–Crippen MR) is 68.7 cm³/mol. The van der Waals surface area contributed by atoms with Gasteiger partial charge < -0.3 is 10.5 Å². The fourth-order valence-corrected chi connectivity index (χ4v) is 1.83. The van der Waals surface area contributed by atoms with Gasteiger partial charge in [-0.15, -0.1) is 0 Å². The molecule has 16 heavy (non-hydrogen) atoms. The molecular formula is C14H23NO. The lowest BCUT2D eigenvalue weighted by Gasteiger charge is -2.25. The fraction of sp³-hybridized carbons (Fsp3) is 0.571. The van der Waals surface area contributed by atoms with Gasteiger partial charge in [0.2, 0.25) is 0 Å². The van der Waals surface area contributed by atoms with Crippen molar-refractivity contribution in [3.8, 4) is 0 Å². The number of methoxy groups -OCH3 is 1. The zero-order valence-electron chi connectivity index (χ0n) is 10.8. The average Bonchev–Trinajstić information content (AvgIpc) is 2.28. The Morgan fingerprint density at radius 3 is 2.50 bits per heavy atom. The molecule has 0 fully saturated rings. The van der Waals surface area contributed by atoms with Crippen molar-refractivity contribution in [2.75, 3.05) is 13.7 Å². The normalized spacial score (nSPS) is 13.8. The van der Waals surface area contributed by atoms with Crippen LogP contribution in [0.1, 0.15) is 37.8 Å². The molecule has 0 radical (unpaired) electrons. The summed E-state index contributed by atoms with van der Waals surface area (Å²) in [7, 11) is 1.76. The second-order valence-corrected chi connectivity index (χ2v) is 4.98. The van der Waals surface area contributed by atoms with Gasteiger partial charge in [0.25, 0.3) is 0 Å². The third kappa shape index (κ3) is 3.32. The highest BCUT2D eigenvalue weighted by Gasteiger charge is 2.19. The quantitative estimate of drug-likeness (QED) is 0.829. The monoisotopic (exact) mass is 221 g/mol. The molecule has 1 unspecified atom stereocenters. The summed E-state index contributed by atoms with van der Waals surface area (Å²) in [6, 6.07) is 8.49. The molecule has 2 heteroatoms. The first-order chi connectivity index (χ1) is 7.50. The van der Waals surface area contributed by atoms with Gasteiger partial charge in [0.15, 0.2) is 0 Å². The van der Waals surface area contributed by atoms with Gasteiger partial charge in [-0.3, -0.25) is 0 Å². The van der Waals surface area contributed by atoms with E-state index in [0.717, 1.165) is 6.42 Å². The minimum atomic E-state index is -0.121. The maximum atomic E-state index is 5.74. The van der Waals surface area contributed by atoms with E-state index in [2.05, 4.69) is 45.0 Å². The molecule has 1 aromatic carbocycles. The van der Waals surface area contributed by atoms with E-state index in [1.54, 1.807) is 7.11 Å². The number of hydrogen-bond donors (Lipinski definition) is 1. The van der Waals surface area contributed by atoms with Gasteiger partial charge in [0.1, 0.15) is 0 Å². The number of nitrogens with two attached hydrogens (primary N) is 1. The number of benzene rings is 1. The molecule has 0 aliphatic heterocycles. The zero-order chi connectivity index (χ0) is 12.2. The summed E-state index contributed by atoms with van der Waals surface area (Å²) in [5.41, 5.74) is 8.30. The summed E-state index contributed by atoms with van der Waals surface area (Å²) < 4.78 is 5.48. The maximum Gasteiger partial charge on any atom is 0.0663 e. The van der Waals surface area contributed by atoms with Crippen molar-refractivity contribution in [3.05, 3.63) is 35.4 Å². The molecule has 2 nitrogen and oxygen atoms in total. The second-order valence-electron chi connectivity index (χ2n) is 4.98. The van der Waals surface area contributed by atoms with Crippen molar-refractivity contribution in [1.82, 2.24) is 0 Å². The Morgan fingerprint density at radius 1 is 1.31 bits per heavy atom. The first-order valence-electron chi connectivity index (χ1n) is 5.83. The van der Waals surface area contributed by atoms with E-state index in [9.17, 15) is 0 Å². The highest BCUT2D eigenvalue weighted by atomic mass is 16.5. The molecule has 0 saturated carbocycles. The Hall–Kier alpha value is -0.860. The first-order valence-corrected chi connectivity index (χ1v) is 5.83. The van der Waals surface area contributed by atoms with Gasteiger partial charge in [-0.1, -0.05) is 31.2 Å². The average molecular weight is 221 g/mol. The Kier molecular flexibility index (Phi) is 4.51. The Labute approximate surface area is 98.8 Å². The van der Waals surface area contributed by atoms with E-state index in [4.69, 9.17) is 10.5 Å². The number of rotatable bonds is 5. The Bertz CT molecular complexity index is 333. The standard InChI is InChI=1S/C14H23NO/c1-11(10-15)13-8-6-5-7-12(13)9-14(2,3)16-4/h5-8,11H,9-10,15H2,1-4H3. The molecule has 1 rings (SSSR count). The van der Waals surface area contributed by atoms with E-state index in [-0.39, 0.29) is 5.60 Å². The third-order valence-corrected chi connectivity index (χ3v) is 3.11. The molecular weight excluding hydrogens is 198 g/mol. The van der Waals surface area contributed by atoms with E-state index in [0.29, 0.717) is 12.5 Å². The van der Waals surface area contributed by atoms with Crippen LogP contribution in [0.25, 0.3) is 0 Å². The summed E-state index contributed by atoms with van der Waals surface area (Å²) in [6.45, 7) is 7.07. The van der Waals surface area contributed by atoms with E-state index in [1.807, 2.05) is 0 Å². The van der Waals surface area contributed by atoms with E-state index >= 15 is 0 Å². The van der Waals surface area contributed by atoms with Crippen molar-refractivity contribution in [1.29, 1.82) is 0 Å². The van der Waals surface area contributed by atoms with Gasteiger partial charge >= 0.3 is 0 Å². The lowest BCUT2D eigenvalue weighted by atomic mass is 9.89. The van der Waals surface area contributed by atoms with Crippen LogP contribution in [0.15, 0.2) is 24.3 Å². The van der Waals surface area contributed by atoms with Crippen LogP contribution in [-0.4, -0.2) is 19.3 Å². The van der Waals surface area contributed by atoms with Gasteiger partial charge in [-0.2, -0.15) is 0 Å². The van der Waals surface area contributed by atoms with Crippen LogP contribution in [0.3, 0.4) is 0 Å². The first kappa shape index (κ1) is 13.2. The van der Waals surface area contributed by atoms with Gasteiger partial charge in [-0.05, 0) is 37.4 Å². The SMILES string of the molecule is COC(C)(C)Cc1ccccc1C(C)CN. The van der Waals surface area contributed by atoms with Gasteiger partial charge in [-0.25, -0.2) is 0 Å². The summed E-state index contributed by atoms with van der Waals surface area (Å²) in [5.74, 6) is 0.406. The molecule has 0 aromatic heterocycles. The molecule has 1 atom stereocenters. The van der Waals surface area contributed by atoms with Crippen LogP contribution in [0, 0.1) is 0 Å². The maximum absolute atomic E-state index is 5.74. The minimum Gasteiger partial charge on any atom is -0.378 e. The van der Waals surface area contributed by atoms with Crippen molar-refractivity contribution < 1.29 is 4.74 Å². The topological polar surface area (TPSA) is 35.2 Å². The molecule has 1 aromatic rings. The van der Waals surface area contributed by atoms with Gasteiger partial charge in [0, 0.05) is 13.5 Å². The highest BCUT2D eigenvalue weighted by Crippen LogP contribution is 2.24. The smallest absolute Gasteiger partial charge is 0.0663 e. The van der Waals surface area contributed by atoms with Crippen molar-refractivity contribution in [2.45, 2.75) is 38.7 Å². The van der Waals surface area contributed by atoms with E-state index < -0.39 is 0 Å². The fourth-order valence-electron chi connectivity index (χ4n) is 1.83. The Balaban J connectivity index is 2.95. The lowest BCUT2D eigenvalue weighted by molar-refractivity contribution is 0.0230. The molecule has 0 bridgehead atoms. The minimum absolute atomic E-state index is 0.121. The van der Waals surface area contributed by atoms with Crippen LogP contribution in [0.4, 0.5) is 0 Å². The van der Waals surface area contributed by atoms with E-state index in [1.165, 1.54) is 11.1 Å². The summed E-state index contributed by atoms with van der Waals surface area (Å²) >= 11 is 0. The van der Waals surface area contributed by atoms with Crippen molar-refractivity contribution >= 4 is 0 Å². The van der Waals surface area contributed by atoms with Crippen LogP contribution in [-0.2, 0) is 11.2 Å². The van der Waals surface area contributed by atoms with Gasteiger partial charge in [0.05, 0.1) is 5.60 Å². The van der Waals surface area contributed by atoms with Crippen LogP contribution in [0.5, 0.6) is 0 Å². The molecule has 0 spiro atoms. The second kappa shape index (κ2) is 5.46. The predicted octanol–water partition coefficient (Wildman–Crippen LogP) is 2.72. The zero-order valence-corrected chi connectivity index (χ0v) is 10.8. The van der Waals surface area contributed by atoms with Crippen molar-refractivity contribution in [2.24, 2.45) is 5.73 Å². The molecule has 0 aliphatic carbocycles. The molecule has 0 aliphatic rings. The number of hydrogen-bond acceptors (Lipinski definition) is 2. The lowest BCUT2D eigenvalue weighted by Crippen LogP contribution is -2.26. The summed E-state index contributed by atoms with van der Waals surface area (Å²) in [6.07, 6.45) is 0.921. The van der Waals surface area contributed by atoms with Crippen LogP contribution in [0.2, 0.25) is 0 Å². The highest BCUT2D eigenvalue weighted by molar-refractivity contribution is 5.31. The summed E-state index contributed by atoms with van der Waals surface area (Å²) in [5, 5.41) is 0. The van der Waals surface area contributed by atoms with Crippen molar-refractivity contribution in [3.63, 3.8) is 0 Å². The molecule has 0 saturated heterocycles. The molecule has 0 amide bonds. The summed E-state index contributed by atoms with van der Waals surface area (Å²) in [4.78, 5) is 0. The Morgan fingerprint density at radius 2 is 1.94 bits per heavy atom. The molecule has 90 valence electrons. The largest absolute Gasteiger partial charge is 0.378 e. The molecule has 0 heterocycles. The van der Waals surface area contributed by atoms with Crippen LogP contribution >= 0.6 is 0 Å². The van der Waals surface area contributed by atoms with Crippen LogP contribution < -0.4 is 5.73 Å². The third-order valence-electron chi connectivity index (χ3n) is 3.11. The number of ether oxygens (including phenoxy) is 1.